The summed E-state index contributed by atoms with van der Waals surface area (Å²) in [5, 5.41) is 0.370. The van der Waals surface area contributed by atoms with Crippen LogP contribution in [0.25, 0.3) is 0 Å². The minimum atomic E-state index is 0.370. The molecular weight excluding hydrogens is 134 g/mol. The van der Waals surface area contributed by atoms with E-state index >= 15 is 0 Å². The highest BCUT2D eigenvalue weighted by molar-refractivity contribution is 6.23. The van der Waals surface area contributed by atoms with Gasteiger partial charge in [-0.15, -0.1) is 11.6 Å². The molecule has 3 atom stereocenters. The van der Waals surface area contributed by atoms with Crippen LogP contribution in [0, 0.1) is 17.8 Å². The Hall–Kier alpha value is 0.250. The standard InChI is InChI=1S/C7H14ClN/c1-4(2)6-5(3-9)7(6)8/h4-7H,3,9H2,1-2H3. The predicted octanol–water partition coefficient (Wildman–Crippen LogP) is 1.45. The van der Waals surface area contributed by atoms with Crippen molar-refractivity contribution in [3.05, 3.63) is 0 Å². The van der Waals surface area contributed by atoms with Gasteiger partial charge >= 0.3 is 0 Å². The van der Waals surface area contributed by atoms with Crippen molar-refractivity contribution in [2.24, 2.45) is 23.5 Å². The Morgan fingerprint density at radius 1 is 1.56 bits per heavy atom. The van der Waals surface area contributed by atoms with Crippen LogP contribution in [0.15, 0.2) is 0 Å². The normalized spacial score (nSPS) is 41.7. The first-order chi connectivity index (χ1) is 4.18. The van der Waals surface area contributed by atoms with Crippen LogP contribution in [0.1, 0.15) is 13.8 Å². The maximum absolute atomic E-state index is 5.93. The largest absolute Gasteiger partial charge is 0.330 e. The average molecular weight is 148 g/mol. The van der Waals surface area contributed by atoms with E-state index in [-0.39, 0.29) is 0 Å². The van der Waals surface area contributed by atoms with Crippen LogP contribution in [-0.4, -0.2) is 11.9 Å². The van der Waals surface area contributed by atoms with Crippen LogP contribution in [-0.2, 0) is 0 Å². The molecule has 0 spiro atoms. The molecule has 0 heterocycles. The van der Waals surface area contributed by atoms with Gasteiger partial charge in [0.2, 0.25) is 0 Å². The van der Waals surface area contributed by atoms with Crippen LogP contribution < -0.4 is 5.73 Å². The number of hydrogen-bond acceptors (Lipinski definition) is 1. The van der Waals surface area contributed by atoms with Crippen LogP contribution in [0.4, 0.5) is 0 Å². The van der Waals surface area contributed by atoms with Gasteiger partial charge in [-0.2, -0.15) is 0 Å². The molecule has 1 saturated carbocycles. The van der Waals surface area contributed by atoms with Gasteiger partial charge in [-0.05, 0) is 24.3 Å². The molecule has 1 nitrogen and oxygen atoms in total. The van der Waals surface area contributed by atoms with E-state index in [4.69, 9.17) is 17.3 Å². The van der Waals surface area contributed by atoms with Crippen molar-refractivity contribution < 1.29 is 0 Å². The third-order valence-corrected chi connectivity index (χ3v) is 2.79. The highest BCUT2D eigenvalue weighted by atomic mass is 35.5. The molecule has 0 aromatic heterocycles. The van der Waals surface area contributed by atoms with Crippen molar-refractivity contribution in [1.29, 1.82) is 0 Å². The fourth-order valence-corrected chi connectivity index (χ4v) is 2.17. The summed E-state index contributed by atoms with van der Waals surface area (Å²) < 4.78 is 0. The first kappa shape index (κ1) is 7.36. The first-order valence-corrected chi connectivity index (χ1v) is 3.96. The SMILES string of the molecule is CC(C)C1C(Cl)C1CN. The first-order valence-electron chi connectivity index (χ1n) is 3.52. The van der Waals surface area contributed by atoms with Gasteiger partial charge in [0.1, 0.15) is 0 Å². The molecule has 9 heavy (non-hydrogen) atoms. The lowest BCUT2D eigenvalue weighted by molar-refractivity contribution is 0.521. The van der Waals surface area contributed by atoms with Crippen molar-refractivity contribution in [3.63, 3.8) is 0 Å². The number of alkyl halides is 1. The number of halogens is 1. The second kappa shape index (κ2) is 2.47. The summed E-state index contributed by atoms with van der Waals surface area (Å²) in [6, 6.07) is 0. The summed E-state index contributed by atoms with van der Waals surface area (Å²) in [5.74, 6) is 2.00. The van der Waals surface area contributed by atoms with E-state index < -0.39 is 0 Å². The molecule has 0 aromatic carbocycles. The smallest absolute Gasteiger partial charge is 0.0413 e. The maximum Gasteiger partial charge on any atom is 0.0413 e. The Bertz CT molecular complexity index is 103. The number of rotatable bonds is 2. The topological polar surface area (TPSA) is 26.0 Å². The molecular formula is C7H14ClN. The van der Waals surface area contributed by atoms with Gasteiger partial charge in [0.15, 0.2) is 0 Å². The van der Waals surface area contributed by atoms with Gasteiger partial charge in [-0.25, -0.2) is 0 Å². The van der Waals surface area contributed by atoms with Crippen molar-refractivity contribution in [2.45, 2.75) is 19.2 Å². The minimum Gasteiger partial charge on any atom is -0.330 e. The molecule has 3 unspecified atom stereocenters. The molecule has 2 N–H and O–H groups in total. The fourth-order valence-electron chi connectivity index (χ4n) is 1.51. The highest BCUT2D eigenvalue weighted by Gasteiger charge is 2.49. The van der Waals surface area contributed by atoms with Crippen LogP contribution in [0.3, 0.4) is 0 Å². The van der Waals surface area contributed by atoms with Crippen LogP contribution in [0.2, 0.25) is 0 Å². The Balaban J connectivity index is 2.33. The molecule has 1 aliphatic carbocycles. The van der Waals surface area contributed by atoms with Crippen molar-refractivity contribution in [2.75, 3.05) is 6.54 Å². The molecule has 0 radical (unpaired) electrons. The molecule has 1 rings (SSSR count). The Morgan fingerprint density at radius 3 is 2.22 bits per heavy atom. The van der Waals surface area contributed by atoms with Crippen molar-refractivity contribution in [3.8, 4) is 0 Å². The van der Waals surface area contributed by atoms with Gasteiger partial charge < -0.3 is 5.73 Å². The lowest BCUT2D eigenvalue weighted by Gasteiger charge is -1.98. The summed E-state index contributed by atoms with van der Waals surface area (Å²) in [4.78, 5) is 0. The zero-order chi connectivity index (χ0) is 7.02. The van der Waals surface area contributed by atoms with E-state index in [2.05, 4.69) is 13.8 Å². The zero-order valence-corrected chi connectivity index (χ0v) is 6.73. The third kappa shape index (κ3) is 1.22. The summed E-state index contributed by atoms with van der Waals surface area (Å²) >= 11 is 5.93. The van der Waals surface area contributed by atoms with Crippen molar-refractivity contribution >= 4 is 11.6 Å². The maximum atomic E-state index is 5.93. The van der Waals surface area contributed by atoms with E-state index in [1.807, 2.05) is 0 Å². The molecule has 0 saturated heterocycles. The van der Waals surface area contributed by atoms with Gasteiger partial charge in [0.05, 0.1) is 0 Å². The lowest BCUT2D eigenvalue weighted by Crippen LogP contribution is -2.04. The van der Waals surface area contributed by atoms with Gasteiger partial charge in [-0.1, -0.05) is 13.8 Å². The fraction of sp³-hybridized carbons (Fsp3) is 1.00. The van der Waals surface area contributed by atoms with Gasteiger partial charge in [0.25, 0.3) is 0 Å². The highest BCUT2D eigenvalue weighted by Crippen LogP contribution is 2.47. The molecule has 1 fully saturated rings. The van der Waals surface area contributed by atoms with E-state index in [9.17, 15) is 0 Å². The second-order valence-electron chi connectivity index (χ2n) is 3.17. The van der Waals surface area contributed by atoms with E-state index in [0.29, 0.717) is 23.1 Å². The molecule has 0 bridgehead atoms. The Morgan fingerprint density at radius 2 is 2.11 bits per heavy atom. The van der Waals surface area contributed by atoms with Crippen molar-refractivity contribution in [1.82, 2.24) is 0 Å². The lowest BCUT2D eigenvalue weighted by atomic mass is 10.1. The zero-order valence-electron chi connectivity index (χ0n) is 5.97. The molecule has 54 valence electrons. The van der Waals surface area contributed by atoms with E-state index in [1.54, 1.807) is 0 Å². The quantitative estimate of drug-likeness (QED) is 0.588. The predicted molar refractivity (Wildman–Crippen MR) is 40.5 cm³/mol. The minimum absolute atomic E-state index is 0.370. The van der Waals surface area contributed by atoms with Crippen LogP contribution in [0.5, 0.6) is 0 Å². The molecule has 0 aliphatic heterocycles. The Kier molecular flexibility index (Phi) is 2.02. The van der Waals surface area contributed by atoms with Gasteiger partial charge in [0, 0.05) is 5.38 Å². The van der Waals surface area contributed by atoms with Crippen LogP contribution >= 0.6 is 11.6 Å². The van der Waals surface area contributed by atoms with E-state index in [0.717, 1.165) is 6.54 Å². The monoisotopic (exact) mass is 147 g/mol. The molecule has 0 aromatic rings. The second-order valence-corrected chi connectivity index (χ2v) is 3.67. The summed E-state index contributed by atoms with van der Waals surface area (Å²) in [6.45, 7) is 5.17. The number of hydrogen-bond donors (Lipinski definition) is 1. The summed E-state index contributed by atoms with van der Waals surface area (Å²) in [7, 11) is 0. The average Bonchev–Trinajstić information content (AvgIpc) is 2.40. The van der Waals surface area contributed by atoms with E-state index in [1.165, 1.54) is 0 Å². The summed E-state index contributed by atoms with van der Waals surface area (Å²) in [5.41, 5.74) is 5.47. The summed E-state index contributed by atoms with van der Waals surface area (Å²) in [6.07, 6.45) is 0. The van der Waals surface area contributed by atoms with Gasteiger partial charge in [-0.3, -0.25) is 0 Å². The number of nitrogens with two attached hydrogens (primary N) is 1. The molecule has 2 heteroatoms. The Labute approximate surface area is 61.6 Å². The molecule has 0 amide bonds. The third-order valence-electron chi connectivity index (χ3n) is 2.17. The molecule has 1 aliphatic rings.